The standard InChI is InChI=1S/C28H27F4N5O2/c29-27(25(39-17-18-9-10-18)20-6-4-12-34-16-20)11-2-1-8-23(27)35-26(38)22-14-24(28(30,31)32)36-37(22)21-7-3-5-19(13-21)15-33/h1-8,11-14,16,18,23,25H,9-10,15,17,33H2,(H,35,38). The third kappa shape index (κ3) is 5.79. The number of halogens is 4. The number of nitrogens with one attached hydrogen (secondary N) is 1. The van der Waals surface area contributed by atoms with Crippen molar-refractivity contribution in [1.82, 2.24) is 20.1 Å². The highest BCUT2D eigenvalue weighted by atomic mass is 19.4. The van der Waals surface area contributed by atoms with Crippen molar-refractivity contribution in [2.75, 3.05) is 6.61 Å². The number of nitrogens with two attached hydrogens (primary N) is 1. The van der Waals surface area contributed by atoms with Gasteiger partial charge in [0.25, 0.3) is 5.91 Å². The number of ether oxygens (including phenoxy) is 1. The van der Waals surface area contributed by atoms with Crippen LogP contribution in [0.2, 0.25) is 0 Å². The third-order valence-electron chi connectivity index (χ3n) is 6.74. The number of hydrogen-bond acceptors (Lipinski definition) is 5. The molecule has 1 aromatic carbocycles. The molecule has 2 heterocycles. The van der Waals surface area contributed by atoms with Crippen LogP contribution in [0.25, 0.3) is 5.69 Å². The Balaban J connectivity index is 1.49. The van der Waals surface area contributed by atoms with Crippen LogP contribution in [0.15, 0.2) is 79.2 Å². The predicted molar refractivity (Wildman–Crippen MR) is 135 cm³/mol. The van der Waals surface area contributed by atoms with Crippen molar-refractivity contribution >= 4 is 5.91 Å². The minimum absolute atomic E-state index is 0.142. The molecule has 11 heteroatoms. The molecule has 5 rings (SSSR count). The van der Waals surface area contributed by atoms with E-state index in [0.29, 0.717) is 29.7 Å². The number of nitrogens with zero attached hydrogens (tertiary/aromatic N) is 3. The fraction of sp³-hybridized carbons (Fsp3) is 0.321. The van der Waals surface area contributed by atoms with Crippen LogP contribution in [0, 0.1) is 5.92 Å². The molecule has 3 aromatic rings. The van der Waals surface area contributed by atoms with Gasteiger partial charge in [0.2, 0.25) is 0 Å². The fourth-order valence-corrected chi connectivity index (χ4v) is 4.47. The number of allylic oxidation sites excluding steroid dienone is 2. The lowest BCUT2D eigenvalue weighted by molar-refractivity contribution is -0.141. The van der Waals surface area contributed by atoms with Crippen LogP contribution in [-0.2, 0) is 17.5 Å². The highest BCUT2D eigenvalue weighted by molar-refractivity contribution is 5.94. The molecule has 2 aromatic heterocycles. The number of carbonyl (C=O) groups excluding carboxylic acids is 1. The zero-order chi connectivity index (χ0) is 27.6. The van der Waals surface area contributed by atoms with Crippen LogP contribution < -0.4 is 11.1 Å². The number of benzene rings is 1. The van der Waals surface area contributed by atoms with Crippen LogP contribution in [0.4, 0.5) is 17.6 Å². The van der Waals surface area contributed by atoms with Crippen molar-refractivity contribution in [2.24, 2.45) is 11.7 Å². The van der Waals surface area contributed by atoms with Crippen LogP contribution in [0.3, 0.4) is 0 Å². The molecule has 0 aliphatic heterocycles. The Hall–Kier alpha value is -3.83. The summed E-state index contributed by atoms with van der Waals surface area (Å²) in [6.07, 6.45) is 4.94. The summed E-state index contributed by atoms with van der Waals surface area (Å²) < 4.78 is 64.7. The highest BCUT2D eigenvalue weighted by Crippen LogP contribution is 2.41. The number of rotatable bonds is 9. The highest BCUT2D eigenvalue weighted by Gasteiger charge is 2.48. The molecule has 0 radical (unpaired) electrons. The summed E-state index contributed by atoms with van der Waals surface area (Å²) in [5, 5.41) is 6.22. The largest absolute Gasteiger partial charge is 0.435 e. The van der Waals surface area contributed by atoms with Gasteiger partial charge >= 0.3 is 6.18 Å². The molecule has 204 valence electrons. The number of aromatic nitrogens is 3. The molecule has 3 atom stereocenters. The molecule has 0 bridgehead atoms. The van der Waals surface area contributed by atoms with E-state index in [1.54, 1.807) is 36.5 Å². The summed E-state index contributed by atoms with van der Waals surface area (Å²) >= 11 is 0. The van der Waals surface area contributed by atoms with Gasteiger partial charge in [-0.1, -0.05) is 36.4 Å². The third-order valence-corrected chi connectivity index (χ3v) is 6.74. The van der Waals surface area contributed by atoms with E-state index in [9.17, 15) is 18.0 Å². The summed E-state index contributed by atoms with van der Waals surface area (Å²) in [6, 6.07) is 9.09. The molecule has 3 N–H and O–H groups in total. The lowest BCUT2D eigenvalue weighted by Gasteiger charge is -2.38. The molecule has 2 aliphatic rings. The first kappa shape index (κ1) is 26.8. The second-order valence-electron chi connectivity index (χ2n) is 9.66. The first-order valence-electron chi connectivity index (χ1n) is 12.5. The molecule has 1 saturated carbocycles. The first-order valence-corrected chi connectivity index (χ1v) is 12.5. The van der Waals surface area contributed by atoms with Crippen LogP contribution in [0.5, 0.6) is 0 Å². The second-order valence-corrected chi connectivity index (χ2v) is 9.66. The number of alkyl halides is 4. The van der Waals surface area contributed by atoms with Crippen LogP contribution >= 0.6 is 0 Å². The number of pyridine rings is 1. The number of carbonyl (C=O) groups is 1. The van der Waals surface area contributed by atoms with E-state index >= 15 is 4.39 Å². The average Bonchev–Trinajstić information content (AvgIpc) is 3.64. The SMILES string of the molecule is NCc1cccc(-n2nc(C(F)(F)F)cc2C(=O)NC2C=CC=CC2(F)C(OCC2CC2)c2cccnc2)c1. The van der Waals surface area contributed by atoms with E-state index in [1.165, 1.54) is 36.6 Å². The molecule has 2 aliphatic carbocycles. The Morgan fingerprint density at radius 2 is 2.03 bits per heavy atom. The summed E-state index contributed by atoms with van der Waals surface area (Å²) in [5.74, 6) is -0.599. The average molecular weight is 542 g/mol. The normalized spacial score (nSPS) is 21.6. The van der Waals surface area contributed by atoms with Gasteiger partial charge in [-0.3, -0.25) is 9.78 Å². The lowest BCUT2D eigenvalue weighted by Crippen LogP contribution is -2.53. The van der Waals surface area contributed by atoms with E-state index in [1.807, 2.05) is 0 Å². The van der Waals surface area contributed by atoms with Gasteiger partial charge < -0.3 is 15.8 Å². The summed E-state index contributed by atoms with van der Waals surface area (Å²) in [4.78, 5) is 17.6. The van der Waals surface area contributed by atoms with Crippen molar-refractivity contribution in [2.45, 2.75) is 43.4 Å². The Labute approximate surface area is 222 Å². The number of hydrogen-bond donors (Lipinski definition) is 2. The predicted octanol–water partition coefficient (Wildman–Crippen LogP) is 4.85. The molecule has 1 amide bonds. The zero-order valence-electron chi connectivity index (χ0n) is 20.8. The van der Waals surface area contributed by atoms with Gasteiger partial charge in [-0.15, -0.1) is 0 Å². The maximum Gasteiger partial charge on any atom is 0.435 e. The Kier molecular flexibility index (Phi) is 7.37. The first-order chi connectivity index (χ1) is 18.7. The summed E-state index contributed by atoms with van der Waals surface area (Å²) in [7, 11) is 0. The van der Waals surface area contributed by atoms with Gasteiger partial charge in [-0.05, 0) is 48.6 Å². The van der Waals surface area contributed by atoms with E-state index in [2.05, 4.69) is 15.4 Å². The maximum atomic E-state index is 16.9. The van der Waals surface area contributed by atoms with E-state index in [4.69, 9.17) is 10.5 Å². The molecular weight excluding hydrogens is 514 g/mol. The topological polar surface area (TPSA) is 95.1 Å². The quantitative estimate of drug-likeness (QED) is 0.378. The van der Waals surface area contributed by atoms with Crippen molar-refractivity contribution in [3.8, 4) is 5.69 Å². The summed E-state index contributed by atoms with van der Waals surface area (Å²) in [5.41, 5.74) is 3.10. The zero-order valence-corrected chi connectivity index (χ0v) is 20.8. The molecule has 0 saturated heterocycles. The van der Waals surface area contributed by atoms with E-state index in [-0.39, 0.29) is 12.2 Å². The van der Waals surface area contributed by atoms with Gasteiger partial charge in [0.1, 0.15) is 11.8 Å². The number of amides is 1. The lowest BCUT2D eigenvalue weighted by atomic mass is 9.83. The van der Waals surface area contributed by atoms with Crippen molar-refractivity contribution in [1.29, 1.82) is 0 Å². The Morgan fingerprint density at radius 1 is 1.21 bits per heavy atom. The molecular formula is C28H27F4N5O2. The second kappa shape index (κ2) is 10.7. The van der Waals surface area contributed by atoms with Crippen molar-refractivity contribution in [3.05, 3.63) is 102 Å². The molecule has 3 unspecified atom stereocenters. The molecule has 0 spiro atoms. The molecule has 39 heavy (non-hydrogen) atoms. The minimum Gasteiger partial charge on any atom is -0.369 e. The monoisotopic (exact) mass is 541 g/mol. The molecule has 7 nitrogen and oxygen atoms in total. The van der Waals surface area contributed by atoms with Gasteiger partial charge in [0, 0.05) is 30.6 Å². The van der Waals surface area contributed by atoms with E-state index in [0.717, 1.165) is 17.5 Å². The Bertz CT molecular complexity index is 1380. The summed E-state index contributed by atoms with van der Waals surface area (Å²) in [6.45, 7) is 0.478. The van der Waals surface area contributed by atoms with Gasteiger partial charge in [-0.25, -0.2) is 9.07 Å². The Morgan fingerprint density at radius 3 is 2.72 bits per heavy atom. The van der Waals surface area contributed by atoms with Crippen LogP contribution in [-0.4, -0.2) is 39.0 Å². The van der Waals surface area contributed by atoms with Gasteiger partial charge in [0.05, 0.1) is 18.3 Å². The van der Waals surface area contributed by atoms with Crippen molar-refractivity contribution < 1.29 is 27.1 Å². The fourth-order valence-electron chi connectivity index (χ4n) is 4.47. The maximum absolute atomic E-state index is 16.9. The van der Waals surface area contributed by atoms with Crippen molar-refractivity contribution in [3.63, 3.8) is 0 Å². The molecule has 1 fully saturated rings. The minimum atomic E-state index is -4.80. The smallest absolute Gasteiger partial charge is 0.369 e. The van der Waals surface area contributed by atoms with E-state index < -0.39 is 41.3 Å². The van der Waals surface area contributed by atoms with Gasteiger partial charge in [-0.2, -0.15) is 18.3 Å². The van der Waals surface area contributed by atoms with Crippen LogP contribution in [0.1, 0.15) is 46.3 Å². The van der Waals surface area contributed by atoms with Gasteiger partial charge in [0.15, 0.2) is 11.4 Å².